The molecular weight excluding hydrogens is 446 g/mol. The standard InChI is InChI=1S/C23H21N3O6S/c27-21(26-7-1-2-16(26)14-3-5-17-19(10-14)29-9-8-28-17)12-33-23-25-24-22(32-23)15-4-6-18-20(11-15)31-13-30-18/h3-6,10-11,16H,1-2,7-9,12-13H2/t16-/m0/s1. The maximum absolute atomic E-state index is 13.0. The van der Waals surface area contributed by atoms with Gasteiger partial charge in [-0.1, -0.05) is 17.8 Å². The van der Waals surface area contributed by atoms with E-state index in [2.05, 4.69) is 10.2 Å². The number of carbonyl (C=O) groups is 1. The van der Waals surface area contributed by atoms with Crippen LogP contribution in [0.1, 0.15) is 24.4 Å². The lowest BCUT2D eigenvalue weighted by atomic mass is 10.0. The lowest BCUT2D eigenvalue weighted by Gasteiger charge is -2.26. The van der Waals surface area contributed by atoms with Crippen molar-refractivity contribution in [1.82, 2.24) is 15.1 Å². The average molecular weight is 468 g/mol. The zero-order chi connectivity index (χ0) is 22.2. The van der Waals surface area contributed by atoms with Crippen molar-refractivity contribution in [3.05, 3.63) is 42.0 Å². The van der Waals surface area contributed by atoms with Crippen molar-refractivity contribution in [1.29, 1.82) is 0 Å². The molecule has 0 unspecified atom stereocenters. The number of rotatable bonds is 5. The van der Waals surface area contributed by atoms with E-state index in [9.17, 15) is 4.79 Å². The second-order valence-corrected chi connectivity index (χ2v) is 8.80. The predicted molar refractivity (Wildman–Crippen MR) is 118 cm³/mol. The number of ether oxygens (including phenoxy) is 4. The highest BCUT2D eigenvalue weighted by molar-refractivity contribution is 7.99. The zero-order valence-corrected chi connectivity index (χ0v) is 18.5. The van der Waals surface area contributed by atoms with Crippen molar-refractivity contribution in [3.8, 4) is 34.5 Å². The van der Waals surface area contributed by atoms with E-state index in [1.807, 2.05) is 35.2 Å². The van der Waals surface area contributed by atoms with Crippen LogP contribution in [0.3, 0.4) is 0 Å². The molecular formula is C23H21N3O6S. The van der Waals surface area contributed by atoms with Gasteiger partial charge in [-0.3, -0.25) is 4.79 Å². The van der Waals surface area contributed by atoms with Crippen LogP contribution in [0.2, 0.25) is 0 Å². The zero-order valence-electron chi connectivity index (χ0n) is 17.7. The average Bonchev–Trinajstić information content (AvgIpc) is 3.62. The van der Waals surface area contributed by atoms with E-state index in [0.29, 0.717) is 35.8 Å². The quantitative estimate of drug-likeness (QED) is 0.521. The Bertz CT molecular complexity index is 1200. The highest BCUT2D eigenvalue weighted by Gasteiger charge is 2.31. The van der Waals surface area contributed by atoms with Gasteiger partial charge in [-0.2, -0.15) is 0 Å². The van der Waals surface area contributed by atoms with E-state index in [0.717, 1.165) is 42.0 Å². The lowest BCUT2D eigenvalue weighted by Crippen LogP contribution is -2.32. The second kappa shape index (κ2) is 8.51. The molecule has 2 aromatic carbocycles. The smallest absolute Gasteiger partial charge is 0.277 e. The van der Waals surface area contributed by atoms with Crippen molar-refractivity contribution >= 4 is 17.7 Å². The number of hydrogen-bond acceptors (Lipinski definition) is 9. The predicted octanol–water partition coefficient (Wildman–Crippen LogP) is 3.69. The first-order valence-corrected chi connectivity index (χ1v) is 11.8. The van der Waals surface area contributed by atoms with Crippen LogP contribution >= 0.6 is 11.8 Å². The van der Waals surface area contributed by atoms with Crippen LogP contribution in [0, 0.1) is 0 Å². The molecule has 3 aliphatic rings. The maximum Gasteiger partial charge on any atom is 0.277 e. The van der Waals surface area contributed by atoms with Gasteiger partial charge in [0.2, 0.25) is 18.6 Å². The molecule has 6 rings (SSSR count). The minimum absolute atomic E-state index is 0.0285. The van der Waals surface area contributed by atoms with Crippen LogP contribution in [0.4, 0.5) is 0 Å². The molecule has 3 aromatic rings. The highest BCUT2D eigenvalue weighted by atomic mass is 32.2. The topological polar surface area (TPSA) is 96.2 Å². The summed E-state index contributed by atoms with van der Waals surface area (Å²) in [5.41, 5.74) is 1.81. The third kappa shape index (κ3) is 3.95. The van der Waals surface area contributed by atoms with E-state index < -0.39 is 0 Å². The van der Waals surface area contributed by atoms with Crippen molar-refractivity contribution in [2.45, 2.75) is 24.1 Å². The molecule has 0 spiro atoms. The normalized spacial score (nSPS) is 18.5. The molecule has 0 saturated carbocycles. The summed E-state index contributed by atoms with van der Waals surface area (Å²) in [6.07, 6.45) is 1.88. The molecule has 170 valence electrons. The Morgan fingerprint density at radius 3 is 2.70 bits per heavy atom. The van der Waals surface area contributed by atoms with Gasteiger partial charge in [0.25, 0.3) is 5.22 Å². The first-order chi connectivity index (χ1) is 16.2. The summed E-state index contributed by atoms with van der Waals surface area (Å²) in [6, 6.07) is 11.4. The van der Waals surface area contributed by atoms with Gasteiger partial charge in [0.1, 0.15) is 13.2 Å². The van der Waals surface area contributed by atoms with Crippen molar-refractivity contribution in [2.24, 2.45) is 0 Å². The number of benzene rings is 2. The number of aromatic nitrogens is 2. The van der Waals surface area contributed by atoms with Gasteiger partial charge >= 0.3 is 0 Å². The number of likely N-dealkylation sites (tertiary alicyclic amines) is 1. The minimum Gasteiger partial charge on any atom is -0.486 e. The number of thioether (sulfide) groups is 1. The number of nitrogens with zero attached hydrogens (tertiary/aromatic N) is 3. The van der Waals surface area contributed by atoms with Crippen molar-refractivity contribution in [2.75, 3.05) is 32.3 Å². The molecule has 0 bridgehead atoms. The van der Waals surface area contributed by atoms with Gasteiger partial charge in [-0.25, -0.2) is 0 Å². The summed E-state index contributed by atoms with van der Waals surface area (Å²) >= 11 is 1.24. The molecule has 9 nitrogen and oxygen atoms in total. The molecule has 0 radical (unpaired) electrons. The first kappa shape index (κ1) is 20.2. The van der Waals surface area contributed by atoms with Crippen LogP contribution in [-0.4, -0.2) is 53.3 Å². The molecule has 1 fully saturated rings. The summed E-state index contributed by atoms with van der Waals surface area (Å²) in [7, 11) is 0. The molecule has 10 heteroatoms. The molecule has 33 heavy (non-hydrogen) atoms. The van der Waals surface area contributed by atoms with Crippen LogP contribution in [-0.2, 0) is 4.79 Å². The molecule has 1 aromatic heterocycles. The van der Waals surface area contributed by atoms with Gasteiger partial charge in [0.15, 0.2) is 23.0 Å². The van der Waals surface area contributed by atoms with Gasteiger partial charge < -0.3 is 28.3 Å². The monoisotopic (exact) mass is 467 g/mol. The fourth-order valence-electron chi connectivity index (χ4n) is 4.30. The van der Waals surface area contributed by atoms with E-state index in [-0.39, 0.29) is 24.5 Å². The summed E-state index contributed by atoms with van der Waals surface area (Å²) in [5.74, 6) is 3.48. The summed E-state index contributed by atoms with van der Waals surface area (Å²) < 4.78 is 27.8. The minimum atomic E-state index is 0.0285. The third-order valence-corrected chi connectivity index (χ3v) is 6.67. The van der Waals surface area contributed by atoms with Crippen LogP contribution in [0.15, 0.2) is 46.0 Å². The van der Waals surface area contributed by atoms with E-state index >= 15 is 0 Å². The Hall–Kier alpha value is -3.40. The highest BCUT2D eigenvalue weighted by Crippen LogP contribution is 2.39. The molecule has 0 N–H and O–H groups in total. The summed E-state index contributed by atoms with van der Waals surface area (Å²) in [6.45, 7) is 2.03. The Labute approximate surface area is 194 Å². The van der Waals surface area contributed by atoms with Gasteiger partial charge in [-0.05, 0) is 48.7 Å². The summed E-state index contributed by atoms with van der Waals surface area (Å²) in [4.78, 5) is 14.9. The fourth-order valence-corrected chi connectivity index (χ4v) is 4.95. The first-order valence-electron chi connectivity index (χ1n) is 10.8. The van der Waals surface area contributed by atoms with Gasteiger partial charge in [0.05, 0.1) is 11.8 Å². The van der Waals surface area contributed by atoms with E-state index in [1.165, 1.54) is 11.8 Å². The lowest BCUT2D eigenvalue weighted by molar-refractivity contribution is -0.129. The number of hydrogen-bond donors (Lipinski definition) is 0. The van der Waals surface area contributed by atoms with Crippen molar-refractivity contribution in [3.63, 3.8) is 0 Å². The third-order valence-electron chi connectivity index (χ3n) is 5.87. The number of fused-ring (bicyclic) bond motifs is 2. The molecule has 3 aliphatic heterocycles. The van der Waals surface area contributed by atoms with E-state index in [1.54, 1.807) is 6.07 Å². The van der Waals surface area contributed by atoms with E-state index in [4.69, 9.17) is 23.4 Å². The van der Waals surface area contributed by atoms with Crippen LogP contribution in [0.5, 0.6) is 23.0 Å². The molecule has 1 atom stereocenters. The SMILES string of the molecule is O=C(CSc1nnc(-c2ccc3c(c2)OCO3)o1)N1CCC[C@H]1c1ccc2c(c1)OCCO2. The maximum atomic E-state index is 13.0. The Balaban J connectivity index is 1.11. The van der Waals surface area contributed by atoms with Crippen molar-refractivity contribution < 1.29 is 28.2 Å². The van der Waals surface area contributed by atoms with Gasteiger partial charge in [0, 0.05) is 12.1 Å². The van der Waals surface area contributed by atoms with Gasteiger partial charge in [-0.15, -0.1) is 10.2 Å². The fraction of sp³-hybridized carbons (Fsp3) is 0.348. The molecule has 1 saturated heterocycles. The summed E-state index contributed by atoms with van der Waals surface area (Å²) in [5, 5.41) is 8.54. The Morgan fingerprint density at radius 1 is 0.970 bits per heavy atom. The molecule has 1 amide bonds. The Morgan fingerprint density at radius 2 is 1.76 bits per heavy atom. The molecule has 4 heterocycles. The van der Waals surface area contributed by atoms with Crippen LogP contribution in [0.25, 0.3) is 11.5 Å². The number of amides is 1. The molecule has 0 aliphatic carbocycles. The Kier molecular flexibility index (Phi) is 5.21. The second-order valence-electron chi connectivity index (χ2n) is 7.88. The largest absolute Gasteiger partial charge is 0.486 e. The number of carbonyl (C=O) groups excluding carboxylic acids is 1. The van der Waals surface area contributed by atoms with Crippen LogP contribution < -0.4 is 18.9 Å².